The topological polar surface area (TPSA) is 35.2 Å². The summed E-state index contributed by atoms with van der Waals surface area (Å²) in [6, 6.07) is 3.17. The molecule has 0 saturated heterocycles. The van der Waals surface area contributed by atoms with Gasteiger partial charge < -0.3 is 10.5 Å². The van der Waals surface area contributed by atoms with Crippen molar-refractivity contribution in [2.75, 3.05) is 12.9 Å². The summed E-state index contributed by atoms with van der Waals surface area (Å²) < 4.78 is 18.6. The maximum Gasteiger partial charge on any atom is 0.131 e. The molecule has 0 amide bonds. The maximum absolute atomic E-state index is 13.5. The summed E-state index contributed by atoms with van der Waals surface area (Å²) in [6.07, 6.45) is 0. The lowest BCUT2D eigenvalue weighted by atomic mass is 10.0. The van der Waals surface area contributed by atoms with Gasteiger partial charge in [-0.1, -0.05) is 0 Å². The summed E-state index contributed by atoms with van der Waals surface area (Å²) in [4.78, 5) is 0. The zero-order valence-electron chi connectivity index (χ0n) is 7.92. The summed E-state index contributed by atoms with van der Waals surface area (Å²) in [5.74, 6) is 1.89. The lowest BCUT2D eigenvalue weighted by Gasteiger charge is -2.22. The zero-order chi connectivity index (χ0) is 10.1. The largest absolute Gasteiger partial charge is 0.497 e. The minimum atomic E-state index is -0.206. The van der Waals surface area contributed by atoms with E-state index in [1.165, 1.54) is 13.2 Å². The Morgan fingerprint density at radius 3 is 3.07 bits per heavy atom. The number of nitrogens with two attached hydrogens (primary N) is 1. The van der Waals surface area contributed by atoms with Crippen molar-refractivity contribution in [3.05, 3.63) is 29.1 Å². The van der Waals surface area contributed by atoms with Crippen molar-refractivity contribution >= 4 is 11.8 Å². The molecule has 0 saturated carbocycles. The highest BCUT2D eigenvalue weighted by Gasteiger charge is 2.21. The number of thioether (sulfide) groups is 1. The molecule has 76 valence electrons. The van der Waals surface area contributed by atoms with E-state index in [2.05, 4.69) is 0 Å². The molecule has 14 heavy (non-hydrogen) atoms. The molecule has 1 aliphatic rings. The highest BCUT2D eigenvalue weighted by molar-refractivity contribution is 7.98. The average molecular weight is 213 g/mol. The molecular formula is C10H12FNOS. The molecule has 1 aliphatic heterocycles. The predicted molar refractivity (Wildman–Crippen MR) is 56.0 cm³/mol. The Balaban J connectivity index is 2.51. The second-order valence-corrected chi connectivity index (χ2v) is 4.33. The smallest absolute Gasteiger partial charge is 0.131 e. The number of fused-ring (bicyclic) bond motifs is 1. The van der Waals surface area contributed by atoms with Crippen LogP contribution in [0.25, 0.3) is 0 Å². The molecule has 0 fully saturated rings. The second kappa shape index (κ2) is 3.79. The number of ether oxygens (including phenoxy) is 1. The summed E-state index contributed by atoms with van der Waals surface area (Å²) in [6.45, 7) is 0. The molecule has 0 spiro atoms. The van der Waals surface area contributed by atoms with E-state index in [1.807, 2.05) is 6.07 Å². The lowest BCUT2D eigenvalue weighted by Crippen LogP contribution is -2.19. The minimum absolute atomic E-state index is 0.0756. The van der Waals surface area contributed by atoms with Crippen molar-refractivity contribution in [3.8, 4) is 5.75 Å². The van der Waals surface area contributed by atoms with Crippen LogP contribution >= 0.6 is 11.8 Å². The van der Waals surface area contributed by atoms with E-state index in [0.29, 0.717) is 11.5 Å². The van der Waals surface area contributed by atoms with Gasteiger partial charge in [-0.2, -0.15) is 11.8 Å². The quantitative estimate of drug-likeness (QED) is 0.775. The molecule has 0 aliphatic carbocycles. The van der Waals surface area contributed by atoms with Crippen LogP contribution in [0.15, 0.2) is 12.1 Å². The predicted octanol–water partition coefficient (Wildman–Crippen LogP) is 2.08. The van der Waals surface area contributed by atoms with Crippen molar-refractivity contribution in [3.63, 3.8) is 0 Å². The second-order valence-electron chi connectivity index (χ2n) is 3.30. The Labute approximate surface area is 86.6 Å². The first kappa shape index (κ1) is 9.80. The van der Waals surface area contributed by atoms with E-state index in [4.69, 9.17) is 10.5 Å². The normalized spacial score (nSPS) is 20.4. The van der Waals surface area contributed by atoms with Crippen LogP contribution < -0.4 is 10.5 Å². The van der Waals surface area contributed by atoms with E-state index < -0.39 is 0 Å². The highest BCUT2D eigenvalue weighted by atomic mass is 32.2. The Hall–Kier alpha value is -0.740. The van der Waals surface area contributed by atoms with Crippen LogP contribution in [0.3, 0.4) is 0 Å². The first-order chi connectivity index (χ1) is 6.72. The van der Waals surface area contributed by atoms with E-state index in [1.54, 1.807) is 11.8 Å². The molecular weight excluding hydrogens is 201 g/mol. The first-order valence-electron chi connectivity index (χ1n) is 4.42. The van der Waals surface area contributed by atoms with Crippen molar-refractivity contribution < 1.29 is 9.13 Å². The van der Waals surface area contributed by atoms with Crippen LogP contribution in [-0.2, 0) is 5.75 Å². The number of benzene rings is 1. The van der Waals surface area contributed by atoms with Gasteiger partial charge in [0.2, 0.25) is 0 Å². The Kier molecular flexibility index (Phi) is 2.65. The number of methoxy groups -OCH3 is 1. The van der Waals surface area contributed by atoms with Gasteiger partial charge >= 0.3 is 0 Å². The van der Waals surface area contributed by atoms with Crippen molar-refractivity contribution in [1.29, 1.82) is 0 Å². The fraction of sp³-hybridized carbons (Fsp3) is 0.400. The van der Waals surface area contributed by atoms with Crippen molar-refractivity contribution in [2.24, 2.45) is 5.73 Å². The van der Waals surface area contributed by atoms with E-state index in [9.17, 15) is 4.39 Å². The highest BCUT2D eigenvalue weighted by Crippen LogP contribution is 2.34. The van der Waals surface area contributed by atoms with Crippen LogP contribution in [0, 0.1) is 5.82 Å². The van der Waals surface area contributed by atoms with E-state index in [0.717, 1.165) is 16.9 Å². The van der Waals surface area contributed by atoms with Crippen molar-refractivity contribution in [1.82, 2.24) is 0 Å². The Bertz CT molecular complexity index is 356. The Morgan fingerprint density at radius 1 is 1.57 bits per heavy atom. The standard InChI is InChI=1S/C10H12FNOS/c1-13-6-2-7-8(9(11)3-6)4-14-5-10(7)12/h2-3,10H,4-5,12H2,1H3. The monoisotopic (exact) mass is 213 g/mol. The molecule has 1 atom stereocenters. The molecule has 0 bridgehead atoms. The zero-order valence-corrected chi connectivity index (χ0v) is 8.73. The van der Waals surface area contributed by atoms with Gasteiger partial charge in [-0.05, 0) is 11.6 Å². The van der Waals surface area contributed by atoms with Crippen LogP contribution in [0.1, 0.15) is 17.2 Å². The molecule has 2 N–H and O–H groups in total. The van der Waals surface area contributed by atoms with Gasteiger partial charge in [-0.15, -0.1) is 0 Å². The third-order valence-electron chi connectivity index (χ3n) is 2.38. The lowest BCUT2D eigenvalue weighted by molar-refractivity contribution is 0.409. The molecule has 1 aromatic carbocycles. The molecule has 0 aromatic heterocycles. The van der Waals surface area contributed by atoms with Crippen LogP contribution in [0.2, 0.25) is 0 Å². The van der Waals surface area contributed by atoms with Gasteiger partial charge in [0.15, 0.2) is 0 Å². The molecule has 2 rings (SSSR count). The van der Waals surface area contributed by atoms with Crippen molar-refractivity contribution in [2.45, 2.75) is 11.8 Å². The number of hydrogen-bond acceptors (Lipinski definition) is 3. The maximum atomic E-state index is 13.5. The van der Waals surface area contributed by atoms with Crippen LogP contribution in [0.4, 0.5) is 4.39 Å². The third-order valence-corrected chi connectivity index (χ3v) is 3.47. The Morgan fingerprint density at radius 2 is 2.36 bits per heavy atom. The van der Waals surface area contributed by atoms with Gasteiger partial charge in [0.05, 0.1) is 7.11 Å². The minimum Gasteiger partial charge on any atom is -0.497 e. The van der Waals surface area contributed by atoms with Gasteiger partial charge in [-0.25, -0.2) is 4.39 Å². The van der Waals surface area contributed by atoms with Crippen LogP contribution in [-0.4, -0.2) is 12.9 Å². The molecule has 4 heteroatoms. The first-order valence-corrected chi connectivity index (χ1v) is 5.57. The van der Waals surface area contributed by atoms with E-state index in [-0.39, 0.29) is 11.9 Å². The molecule has 0 radical (unpaired) electrons. The molecule has 1 unspecified atom stereocenters. The third kappa shape index (κ3) is 1.60. The van der Waals surface area contributed by atoms with Gasteiger partial charge in [0.1, 0.15) is 11.6 Å². The van der Waals surface area contributed by atoms with E-state index >= 15 is 0 Å². The van der Waals surface area contributed by atoms with Gasteiger partial charge in [0, 0.05) is 29.2 Å². The number of halogens is 1. The summed E-state index contributed by atoms with van der Waals surface area (Å²) in [5.41, 5.74) is 7.52. The summed E-state index contributed by atoms with van der Waals surface area (Å²) in [5, 5.41) is 0. The number of rotatable bonds is 1. The molecule has 1 heterocycles. The van der Waals surface area contributed by atoms with Crippen LogP contribution in [0.5, 0.6) is 5.75 Å². The number of hydrogen-bond donors (Lipinski definition) is 1. The SMILES string of the molecule is COc1cc(F)c2c(c1)C(N)CSC2. The fourth-order valence-corrected chi connectivity index (χ4v) is 2.67. The van der Waals surface area contributed by atoms with Gasteiger partial charge in [0.25, 0.3) is 0 Å². The average Bonchev–Trinajstić information content (AvgIpc) is 2.19. The fourth-order valence-electron chi connectivity index (χ4n) is 1.61. The van der Waals surface area contributed by atoms with Gasteiger partial charge in [-0.3, -0.25) is 0 Å². The molecule has 2 nitrogen and oxygen atoms in total. The molecule has 1 aromatic rings. The summed E-state index contributed by atoms with van der Waals surface area (Å²) in [7, 11) is 1.53. The summed E-state index contributed by atoms with van der Waals surface area (Å²) >= 11 is 1.67.